The maximum atomic E-state index is 11.6. The first-order valence-electron chi connectivity index (χ1n) is 4.92. The predicted octanol–water partition coefficient (Wildman–Crippen LogP) is 0.891. The zero-order valence-electron chi connectivity index (χ0n) is 9.08. The van der Waals surface area contributed by atoms with Crippen molar-refractivity contribution in [1.29, 1.82) is 0 Å². The SMILES string of the molecule is Cc1cc(Cn2ccc(C(=O)O)cc2=O)no1. The highest BCUT2D eigenvalue weighted by Crippen LogP contribution is 2.03. The van der Waals surface area contributed by atoms with E-state index in [4.69, 9.17) is 9.63 Å². The van der Waals surface area contributed by atoms with E-state index in [1.54, 1.807) is 13.0 Å². The number of rotatable bonds is 3. The van der Waals surface area contributed by atoms with E-state index in [1.807, 2.05) is 0 Å². The monoisotopic (exact) mass is 234 g/mol. The van der Waals surface area contributed by atoms with Crippen LogP contribution in [-0.2, 0) is 6.54 Å². The van der Waals surface area contributed by atoms with E-state index in [9.17, 15) is 9.59 Å². The number of aromatic nitrogens is 2. The smallest absolute Gasteiger partial charge is 0.335 e. The predicted molar refractivity (Wildman–Crippen MR) is 58.0 cm³/mol. The van der Waals surface area contributed by atoms with Gasteiger partial charge in [0.25, 0.3) is 5.56 Å². The highest BCUT2D eigenvalue weighted by atomic mass is 16.5. The molecule has 6 heteroatoms. The summed E-state index contributed by atoms with van der Waals surface area (Å²) in [4.78, 5) is 22.2. The molecule has 0 saturated carbocycles. The van der Waals surface area contributed by atoms with E-state index in [-0.39, 0.29) is 17.7 Å². The number of carboxylic acid groups (broad SMARTS) is 1. The summed E-state index contributed by atoms with van der Waals surface area (Å²) in [6.07, 6.45) is 1.43. The van der Waals surface area contributed by atoms with Gasteiger partial charge in [0.15, 0.2) is 0 Å². The third-order valence-electron chi connectivity index (χ3n) is 2.25. The lowest BCUT2D eigenvalue weighted by atomic mass is 10.2. The average molecular weight is 234 g/mol. The third kappa shape index (κ3) is 2.41. The van der Waals surface area contributed by atoms with Crippen LogP contribution >= 0.6 is 0 Å². The van der Waals surface area contributed by atoms with E-state index >= 15 is 0 Å². The molecule has 0 spiro atoms. The second kappa shape index (κ2) is 4.25. The number of carbonyl (C=O) groups is 1. The summed E-state index contributed by atoms with van der Waals surface area (Å²) < 4.78 is 6.24. The van der Waals surface area contributed by atoms with Gasteiger partial charge in [-0.15, -0.1) is 0 Å². The fourth-order valence-corrected chi connectivity index (χ4v) is 1.44. The molecule has 0 saturated heterocycles. The van der Waals surface area contributed by atoms with Gasteiger partial charge in [0, 0.05) is 18.3 Å². The molecule has 2 heterocycles. The van der Waals surface area contributed by atoms with Crippen molar-refractivity contribution < 1.29 is 14.4 Å². The topological polar surface area (TPSA) is 85.3 Å². The summed E-state index contributed by atoms with van der Waals surface area (Å²) in [7, 11) is 0. The molecule has 0 atom stereocenters. The Labute approximate surface area is 96.1 Å². The molecule has 2 aromatic heterocycles. The van der Waals surface area contributed by atoms with Gasteiger partial charge in [-0.25, -0.2) is 4.79 Å². The standard InChI is InChI=1S/C11H10N2O4/c1-7-4-9(12-17-7)6-13-3-2-8(11(15)16)5-10(13)14/h2-5H,6H2,1H3,(H,15,16). The summed E-state index contributed by atoms with van der Waals surface area (Å²) in [5, 5.41) is 12.5. The lowest BCUT2D eigenvalue weighted by Gasteiger charge is -2.02. The molecule has 0 aromatic carbocycles. The van der Waals surface area contributed by atoms with Gasteiger partial charge in [-0.1, -0.05) is 5.16 Å². The van der Waals surface area contributed by atoms with Crippen molar-refractivity contribution in [2.24, 2.45) is 0 Å². The zero-order valence-corrected chi connectivity index (χ0v) is 9.08. The number of pyridine rings is 1. The first-order valence-corrected chi connectivity index (χ1v) is 4.92. The van der Waals surface area contributed by atoms with Gasteiger partial charge in [0.05, 0.1) is 12.1 Å². The van der Waals surface area contributed by atoms with Crippen LogP contribution in [0.15, 0.2) is 33.7 Å². The summed E-state index contributed by atoms with van der Waals surface area (Å²) in [6, 6.07) is 4.17. The average Bonchev–Trinajstić information content (AvgIpc) is 2.67. The van der Waals surface area contributed by atoms with E-state index < -0.39 is 5.97 Å². The first-order chi connectivity index (χ1) is 8.06. The number of nitrogens with zero attached hydrogens (tertiary/aromatic N) is 2. The van der Waals surface area contributed by atoms with Gasteiger partial charge in [-0.2, -0.15) is 0 Å². The highest BCUT2D eigenvalue weighted by Gasteiger charge is 2.07. The Kier molecular flexibility index (Phi) is 2.78. The van der Waals surface area contributed by atoms with Crippen molar-refractivity contribution in [1.82, 2.24) is 9.72 Å². The Morgan fingerprint density at radius 2 is 2.29 bits per heavy atom. The second-order valence-corrected chi connectivity index (χ2v) is 3.62. The summed E-state index contributed by atoms with van der Waals surface area (Å²) in [5.74, 6) is -0.457. The molecule has 0 bridgehead atoms. The second-order valence-electron chi connectivity index (χ2n) is 3.62. The Hall–Kier alpha value is -2.37. The molecule has 6 nitrogen and oxygen atoms in total. The summed E-state index contributed by atoms with van der Waals surface area (Å²) >= 11 is 0. The quantitative estimate of drug-likeness (QED) is 0.852. The van der Waals surface area contributed by atoms with E-state index in [1.165, 1.54) is 16.8 Å². The highest BCUT2D eigenvalue weighted by molar-refractivity contribution is 5.87. The molecular formula is C11H10N2O4. The molecule has 1 N–H and O–H groups in total. The van der Waals surface area contributed by atoms with Crippen molar-refractivity contribution in [3.05, 3.63) is 51.8 Å². The Balaban J connectivity index is 2.28. The van der Waals surface area contributed by atoms with Crippen LogP contribution in [0.4, 0.5) is 0 Å². The molecule has 0 unspecified atom stereocenters. The summed E-state index contributed by atoms with van der Waals surface area (Å²) in [5.41, 5.74) is 0.209. The van der Waals surface area contributed by atoms with Crippen molar-refractivity contribution in [3.8, 4) is 0 Å². The van der Waals surface area contributed by atoms with Crippen LogP contribution in [0.3, 0.4) is 0 Å². The Bertz CT molecular complexity index is 612. The number of hydrogen-bond donors (Lipinski definition) is 1. The van der Waals surface area contributed by atoms with Gasteiger partial charge < -0.3 is 14.2 Å². The van der Waals surface area contributed by atoms with Crippen LogP contribution in [-0.4, -0.2) is 20.8 Å². The van der Waals surface area contributed by atoms with Crippen molar-refractivity contribution in [2.45, 2.75) is 13.5 Å². The number of aryl methyl sites for hydroxylation is 1. The van der Waals surface area contributed by atoms with E-state index in [0.717, 1.165) is 6.07 Å². The van der Waals surface area contributed by atoms with Gasteiger partial charge in [-0.3, -0.25) is 4.79 Å². The molecule has 0 aliphatic heterocycles. The molecule has 0 amide bonds. The third-order valence-corrected chi connectivity index (χ3v) is 2.25. The summed E-state index contributed by atoms with van der Waals surface area (Å²) in [6.45, 7) is 2.02. The Morgan fingerprint density at radius 3 is 2.82 bits per heavy atom. The minimum Gasteiger partial charge on any atom is -0.478 e. The normalized spacial score (nSPS) is 10.4. The van der Waals surface area contributed by atoms with Crippen LogP contribution in [0, 0.1) is 6.92 Å². The maximum Gasteiger partial charge on any atom is 0.335 e. The largest absolute Gasteiger partial charge is 0.478 e. The molecule has 0 aliphatic rings. The van der Waals surface area contributed by atoms with Crippen molar-refractivity contribution >= 4 is 5.97 Å². The molecule has 0 fully saturated rings. The lowest BCUT2D eigenvalue weighted by Crippen LogP contribution is -2.20. The van der Waals surface area contributed by atoms with E-state index in [2.05, 4.69) is 5.16 Å². The lowest BCUT2D eigenvalue weighted by molar-refractivity contribution is 0.0696. The fourth-order valence-electron chi connectivity index (χ4n) is 1.44. The number of hydrogen-bond acceptors (Lipinski definition) is 4. The maximum absolute atomic E-state index is 11.6. The Morgan fingerprint density at radius 1 is 1.53 bits per heavy atom. The minimum absolute atomic E-state index is 0.0254. The molecule has 2 rings (SSSR count). The number of carboxylic acids is 1. The molecular weight excluding hydrogens is 224 g/mol. The van der Waals surface area contributed by atoms with Gasteiger partial charge in [0.1, 0.15) is 11.5 Å². The van der Waals surface area contributed by atoms with Crippen LogP contribution in [0.1, 0.15) is 21.8 Å². The molecule has 88 valence electrons. The zero-order chi connectivity index (χ0) is 12.4. The van der Waals surface area contributed by atoms with Crippen LogP contribution in [0.5, 0.6) is 0 Å². The molecule has 0 radical (unpaired) electrons. The van der Waals surface area contributed by atoms with E-state index in [0.29, 0.717) is 11.5 Å². The molecule has 0 aliphatic carbocycles. The van der Waals surface area contributed by atoms with Crippen molar-refractivity contribution in [3.63, 3.8) is 0 Å². The number of aromatic carboxylic acids is 1. The van der Waals surface area contributed by atoms with Gasteiger partial charge in [0.2, 0.25) is 0 Å². The van der Waals surface area contributed by atoms with Crippen LogP contribution < -0.4 is 5.56 Å². The molecule has 17 heavy (non-hydrogen) atoms. The van der Waals surface area contributed by atoms with Gasteiger partial charge >= 0.3 is 5.97 Å². The minimum atomic E-state index is -1.12. The van der Waals surface area contributed by atoms with Crippen LogP contribution in [0.25, 0.3) is 0 Å². The van der Waals surface area contributed by atoms with Crippen LogP contribution in [0.2, 0.25) is 0 Å². The van der Waals surface area contributed by atoms with Crippen molar-refractivity contribution in [2.75, 3.05) is 0 Å². The first kappa shape index (κ1) is 11.1. The molecule has 2 aromatic rings. The fraction of sp³-hybridized carbons (Fsp3) is 0.182. The van der Waals surface area contributed by atoms with Gasteiger partial charge in [-0.05, 0) is 13.0 Å².